The molecule has 2 rings (SSSR count). The predicted molar refractivity (Wildman–Crippen MR) is 74.7 cm³/mol. The van der Waals surface area contributed by atoms with Crippen LogP contribution in [0, 0.1) is 19.7 Å². The van der Waals surface area contributed by atoms with Gasteiger partial charge in [0, 0.05) is 0 Å². The van der Waals surface area contributed by atoms with Gasteiger partial charge in [-0.2, -0.15) is 0 Å². The second-order valence-electron chi connectivity index (χ2n) is 4.67. The number of halogens is 1. The highest BCUT2D eigenvalue weighted by atomic mass is 19.1. The molecule has 2 N–H and O–H groups in total. The van der Waals surface area contributed by atoms with Crippen molar-refractivity contribution in [1.29, 1.82) is 0 Å². The lowest BCUT2D eigenvalue weighted by Crippen LogP contribution is -2.19. The minimum absolute atomic E-state index is 0.278. The van der Waals surface area contributed by atoms with Crippen LogP contribution < -0.4 is 10.5 Å². The zero-order valence-electron chi connectivity index (χ0n) is 11.2. The molecule has 0 radical (unpaired) electrons. The Balaban J connectivity index is 2.04. The van der Waals surface area contributed by atoms with Gasteiger partial charge in [0.2, 0.25) is 0 Å². The molecular weight excluding hydrogens is 241 g/mol. The van der Waals surface area contributed by atoms with E-state index in [9.17, 15) is 4.39 Å². The standard InChI is InChI=1S/C16H18FNO/c1-11-5-3-8-16(12(11)2)19-10-15(18)13-6-4-7-14(17)9-13/h3-9,15H,10,18H2,1-2H3. The SMILES string of the molecule is Cc1cccc(OCC(N)c2cccc(F)c2)c1C. The van der Waals surface area contributed by atoms with Crippen molar-refractivity contribution in [3.8, 4) is 5.75 Å². The van der Waals surface area contributed by atoms with E-state index in [1.54, 1.807) is 12.1 Å². The third-order valence-electron chi connectivity index (χ3n) is 3.25. The van der Waals surface area contributed by atoms with Crippen molar-refractivity contribution in [2.45, 2.75) is 19.9 Å². The molecule has 0 aliphatic rings. The van der Waals surface area contributed by atoms with Crippen LogP contribution in [0.1, 0.15) is 22.7 Å². The average molecular weight is 259 g/mol. The summed E-state index contributed by atoms with van der Waals surface area (Å²) in [6, 6.07) is 11.9. The number of hydrogen-bond acceptors (Lipinski definition) is 2. The highest BCUT2D eigenvalue weighted by Crippen LogP contribution is 2.22. The Bertz CT molecular complexity index is 568. The molecule has 2 nitrogen and oxygen atoms in total. The van der Waals surface area contributed by atoms with Crippen molar-refractivity contribution in [1.82, 2.24) is 0 Å². The predicted octanol–water partition coefficient (Wildman–Crippen LogP) is 3.52. The Morgan fingerprint density at radius 3 is 2.63 bits per heavy atom. The van der Waals surface area contributed by atoms with E-state index in [-0.39, 0.29) is 11.9 Å². The van der Waals surface area contributed by atoms with Gasteiger partial charge in [0.1, 0.15) is 18.2 Å². The van der Waals surface area contributed by atoms with Crippen LogP contribution in [0.15, 0.2) is 42.5 Å². The maximum Gasteiger partial charge on any atom is 0.123 e. The molecule has 1 unspecified atom stereocenters. The van der Waals surface area contributed by atoms with Crippen LogP contribution in [0.2, 0.25) is 0 Å². The van der Waals surface area contributed by atoms with Gasteiger partial charge in [0.05, 0.1) is 6.04 Å². The van der Waals surface area contributed by atoms with E-state index in [0.29, 0.717) is 6.61 Å². The van der Waals surface area contributed by atoms with Crippen LogP contribution in [0.4, 0.5) is 4.39 Å². The number of hydrogen-bond donors (Lipinski definition) is 1. The van der Waals surface area contributed by atoms with E-state index < -0.39 is 0 Å². The molecule has 0 heterocycles. The minimum atomic E-state index is -0.337. The average Bonchev–Trinajstić information content (AvgIpc) is 2.40. The molecule has 0 aliphatic heterocycles. The van der Waals surface area contributed by atoms with E-state index in [1.165, 1.54) is 17.7 Å². The molecule has 0 spiro atoms. The molecule has 3 heteroatoms. The maximum absolute atomic E-state index is 13.1. The van der Waals surface area contributed by atoms with Gasteiger partial charge in [0.15, 0.2) is 0 Å². The third kappa shape index (κ3) is 3.32. The topological polar surface area (TPSA) is 35.2 Å². The van der Waals surface area contributed by atoms with Crippen molar-refractivity contribution < 1.29 is 9.13 Å². The fourth-order valence-electron chi connectivity index (χ4n) is 1.89. The van der Waals surface area contributed by atoms with Gasteiger partial charge in [0.25, 0.3) is 0 Å². The summed E-state index contributed by atoms with van der Waals surface area (Å²) >= 11 is 0. The molecule has 2 aromatic rings. The first-order valence-corrected chi connectivity index (χ1v) is 6.28. The Labute approximate surface area is 113 Å². The van der Waals surface area contributed by atoms with Gasteiger partial charge in [-0.1, -0.05) is 24.3 Å². The second-order valence-corrected chi connectivity index (χ2v) is 4.67. The van der Waals surface area contributed by atoms with Crippen LogP contribution in [-0.4, -0.2) is 6.61 Å². The first kappa shape index (κ1) is 13.6. The smallest absolute Gasteiger partial charge is 0.123 e. The highest BCUT2D eigenvalue weighted by molar-refractivity contribution is 5.38. The normalized spacial score (nSPS) is 12.2. The van der Waals surface area contributed by atoms with Crippen LogP contribution in [0.5, 0.6) is 5.75 Å². The monoisotopic (exact) mass is 259 g/mol. The number of nitrogens with two attached hydrogens (primary N) is 1. The number of benzene rings is 2. The van der Waals surface area contributed by atoms with Crippen molar-refractivity contribution in [3.05, 3.63) is 65.0 Å². The van der Waals surface area contributed by atoms with Gasteiger partial charge < -0.3 is 10.5 Å². The van der Waals surface area contributed by atoms with Crippen LogP contribution >= 0.6 is 0 Å². The lowest BCUT2D eigenvalue weighted by molar-refractivity contribution is 0.288. The Morgan fingerprint density at radius 2 is 1.89 bits per heavy atom. The first-order valence-electron chi connectivity index (χ1n) is 6.28. The number of ether oxygens (including phenoxy) is 1. The largest absolute Gasteiger partial charge is 0.491 e. The van der Waals surface area contributed by atoms with Crippen molar-refractivity contribution in [2.75, 3.05) is 6.61 Å². The molecule has 0 saturated heterocycles. The fourth-order valence-corrected chi connectivity index (χ4v) is 1.89. The summed E-state index contributed by atoms with van der Waals surface area (Å²) in [6.07, 6.45) is 0. The molecule has 0 bridgehead atoms. The lowest BCUT2D eigenvalue weighted by Gasteiger charge is -2.15. The van der Waals surface area contributed by atoms with Crippen molar-refractivity contribution in [3.63, 3.8) is 0 Å². The Hall–Kier alpha value is -1.87. The molecule has 19 heavy (non-hydrogen) atoms. The summed E-state index contributed by atoms with van der Waals surface area (Å²) in [7, 11) is 0. The zero-order chi connectivity index (χ0) is 13.8. The third-order valence-corrected chi connectivity index (χ3v) is 3.25. The van der Waals surface area contributed by atoms with Crippen molar-refractivity contribution >= 4 is 0 Å². The van der Waals surface area contributed by atoms with Gasteiger partial charge >= 0.3 is 0 Å². The van der Waals surface area contributed by atoms with Gasteiger partial charge in [-0.25, -0.2) is 4.39 Å². The second kappa shape index (κ2) is 5.85. The van der Waals surface area contributed by atoms with E-state index in [2.05, 4.69) is 0 Å². The molecule has 100 valence electrons. The molecule has 0 fully saturated rings. The lowest BCUT2D eigenvalue weighted by atomic mass is 10.1. The van der Waals surface area contributed by atoms with Crippen LogP contribution in [0.3, 0.4) is 0 Å². The van der Waals surface area contributed by atoms with Crippen LogP contribution in [-0.2, 0) is 0 Å². The number of rotatable bonds is 4. The Kier molecular flexibility index (Phi) is 4.17. The van der Waals surface area contributed by atoms with Gasteiger partial charge in [-0.05, 0) is 48.7 Å². The zero-order valence-corrected chi connectivity index (χ0v) is 11.2. The molecular formula is C16H18FNO. The summed E-state index contributed by atoms with van der Waals surface area (Å²) in [6.45, 7) is 4.38. The summed E-state index contributed by atoms with van der Waals surface area (Å²) < 4.78 is 18.8. The van der Waals surface area contributed by atoms with E-state index >= 15 is 0 Å². The van der Waals surface area contributed by atoms with E-state index in [4.69, 9.17) is 10.5 Å². The molecule has 0 aromatic heterocycles. The summed E-state index contributed by atoms with van der Waals surface area (Å²) in [5.41, 5.74) is 9.03. The summed E-state index contributed by atoms with van der Waals surface area (Å²) in [5.74, 6) is 0.548. The quantitative estimate of drug-likeness (QED) is 0.911. The van der Waals surface area contributed by atoms with Gasteiger partial charge in [-0.15, -0.1) is 0 Å². The fraction of sp³-hybridized carbons (Fsp3) is 0.250. The Morgan fingerprint density at radius 1 is 1.16 bits per heavy atom. The van der Waals surface area contributed by atoms with E-state index in [0.717, 1.165) is 16.9 Å². The first-order chi connectivity index (χ1) is 9.08. The molecule has 1 atom stereocenters. The van der Waals surface area contributed by atoms with Crippen molar-refractivity contribution in [2.24, 2.45) is 5.73 Å². The number of aryl methyl sites for hydroxylation is 1. The van der Waals surface area contributed by atoms with Crippen LogP contribution in [0.25, 0.3) is 0 Å². The molecule has 0 saturated carbocycles. The van der Waals surface area contributed by atoms with E-state index in [1.807, 2.05) is 32.0 Å². The highest BCUT2D eigenvalue weighted by Gasteiger charge is 2.09. The summed E-state index contributed by atoms with van der Waals surface area (Å²) in [4.78, 5) is 0. The molecule has 0 aliphatic carbocycles. The maximum atomic E-state index is 13.1. The summed E-state index contributed by atoms with van der Waals surface area (Å²) in [5, 5.41) is 0. The molecule has 0 amide bonds. The molecule has 2 aromatic carbocycles. The van der Waals surface area contributed by atoms with Gasteiger partial charge in [-0.3, -0.25) is 0 Å². The minimum Gasteiger partial charge on any atom is -0.491 e.